The van der Waals surface area contributed by atoms with Crippen LogP contribution >= 0.6 is 0 Å². The standard InChI is InChI=1S/C42H49NO8/c1-3-36(44)35(43-38(45)4-2)29-50-42-41(49-28-34-23-15-8-16-24-34)40(48-27-33-21-13-7-14-22-33)39(47-26-32-19-11-6-12-20-32)37(51-42)30-46-25-31-17-9-5-10-18-31/h3,5-24,35-37,39-42,44H,1,4,25-30H2,2H3,(H,43,45)/t35-,36+,37?,39-,40?,41-,42-/m0/s1. The van der Waals surface area contributed by atoms with Gasteiger partial charge < -0.3 is 38.8 Å². The number of amides is 1. The van der Waals surface area contributed by atoms with Crippen molar-refractivity contribution in [3.63, 3.8) is 0 Å². The first kappa shape index (κ1) is 38.1. The fraction of sp³-hybridized carbons (Fsp3) is 0.357. The minimum Gasteiger partial charge on any atom is -0.387 e. The number of hydrogen-bond donors (Lipinski definition) is 2. The lowest BCUT2D eigenvalue weighted by molar-refractivity contribution is -0.329. The molecular weight excluding hydrogens is 646 g/mol. The van der Waals surface area contributed by atoms with Gasteiger partial charge in [0.1, 0.15) is 24.4 Å². The predicted molar refractivity (Wildman–Crippen MR) is 194 cm³/mol. The molecule has 270 valence electrons. The maximum Gasteiger partial charge on any atom is 0.220 e. The molecule has 4 aromatic carbocycles. The summed E-state index contributed by atoms with van der Waals surface area (Å²) in [4.78, 5) is 12.4. The highest BCUT2D eigenvalue weighted by atomic mass is 16.7. The zero-order valence-electron chi connectivity index (χ0n) is 29.1. The number of ether oxygens (including phenoxy) is 6. The van der Waals surface area contributed by atoms with Gasteiger partial charge in [0.05, 0.1) is 51.8 Å². The smallest absolute Gasteiger partial charge is 0.220 e. The summed E-state index contributed by atoms with van der Waals surface area (Å²) in [5.74, 6) is -0.225. The van der Waals surface area contributed by atoms with Crippen molar-refractivity contribution in [2.24, 2.45) is 0 Å². The minimum absolute atomic E-state index is 0.0761. The van der Waals surface area contributed by atoms with E-state index < -0.39 is 42.9 Å². The predicted octanol–water partition coefficient (Wildman–Crippen LogP) is 6.14. The summed E-state index contributed by atoms with van der Waals surface area (Å²) in [7, 11) is 0. The van der Waals surface area contributed by atoms with E-state index in [1.54, 1.807) is 6.92 Å². The third-order valence-corrected chi connectivity index (χ3v) is 8.60. The van der Waals surface area contributed by atoms with Crippen LogP contribution in [0.1, 0.15) is 35.6 Å². The molecule has 1 amide bonds. The molecule has 0 aliphatic carbocycles. The van der Waals surface area contributed by atoms with Crippen molar-refractivity contribution in [3.8, 4) is 0 Å². The molecule has 9 nitrogen and oxygen atoms in total. The average Bonchev–Trinajstić information content (AvgIpc) is 3.18. The summed E-state index contributed by atoms with van der Waals surface area (Å²) >= 11 is 0. The maximum atomic E-state index is 12.4. The van der Waals surface area contributed by atoms with Crippen LogP contribution in [-0.2, 0) is 59.6 Å². The largest absolute Gasteiger partial charge is 0.387 e. The van der Waals surface area contributed by atoms with E-state index in [0.717, 1.165) is 22.3 Å². The Morgan fingerprint density at radius 1 is 0.706 bits per heavy atom. The van der Waals surface area contributed by atoms with Gasteiger partial charge in [0.25, 0.3) is 0 Å². The Morgan fingerprint density at radius 2 is 1.16 bits per heavy atom. The van der Waals surface area contributed by atoms with Gasteiger partial charge in [-0.25, -0.2) is 0 Å². The Bertz CT molecular complexity index is 1560. The second kappa shape index (κ2) is 20.6. The van der Waals surface area contributed by atoms with Crippen molar-refractivity contribution in [1.29, 1.82) is 0 Å². The molecule has 0 radical (unpaired) electrons. The second-order valence-electron chi connectivity index (χ2n) is 12.4. The first-order valence-electron chi connectivity index (χ1n) is 17.5. The number of benzene rings is 4. The van der Waals surface area contributed by atoms with Crippen LogP contribution in [0.3, 0.4) is 0 Å². The third kappa shape index (κ3) is 11.9. The highest BCUT2D eigenvalue weighted by molar-refractivity contribution is 5.75. The minimum atomic E-state index is -1.05. The summed E-state index contributed by atoms with van der Waals surface area (Å²) in [6.07, 6.45) is -3.11. The topological polar surface area (TPSA) is 105 Å². The second-order valence-corrected chi connectivity index (χ2v) is 12.4. The van der Waals surface area contributed by atoms with E-state index in [-0.39, 0.29) is 38.8 Å². The quantitative estimate of drug-likeness (QED) is 0.106. The van der Waals surface area contributed by atoms with Crippen molar-refractivity contribution >= 4 is 5.91 Å². The highest BCUT2D eigenvalue weighted by Gasteiger charge is 2.49. The first-order chi connectivity index (χ1) is 25.0. The lowest BCUT2D eigenvalue weighted by atomic mass is 9.97. The number of rotatable bonds is 20. The van der Waals surface area contributed by atoms with Crippen LogP contribution in [0.2, 0.25) is 0 Å². The molecule has 1 aliphatic rings. The molecule has 1 saturated heterocycles. The van der Waals surface area contributed by atoms with Crippen LogP contribution in [0.4, 0.5) is 0 Å². The number of carbonyl (C=O) groups excluding carboxylic acids is 1. The Balaban J connectivity index is 1.46. The van der Waals surface area contributed by atoms with Gasteiger partial charge in [-0.2, -0.15) is 0 Å². The number of aliphatic hydroxyl groups excluding tert-OH is 1. The molecule has 0 bridgehead atoms. The van der Waals surface area contributed by atoms with E-state index in [9.17, 15) is 9.90 Å². The molecule has 1 heterocycles. The van der Waals surface area contributed by atoms with Crippen LogP contribution in [0.25, 0.3) is 0 Å². The SMILES string of the molecule is C=C[C@@H](O)[C@H](CO[C@H]1OC(COCc2ccccc2)[C@H](OCc2ccccc2)C(OCc2ccccc2)[C@@H]1OCc1ccccc1)NC(=O)CC. The van der Waals surface area contributed by atoms with Crippen molar-refractivity contribution < 1.29 is 38.3 Å². The van der Waals surface area contributed by atoms with Gasteiger partial charge in [0, 0.05) is 6.42 Å². The molecule has 2 unspecified atom stereocenters. The molecule has 1 fully saturated rings. The van der Waals surface area contributed by atoms with E-state index in [4.69, 9.17) is 28.4 Å². The molecule has 0 saturated carbocycles. The van der Waals surface area contributed by atoms with Crippen molar-refractivity contribution in [3.05, 3.63) is 156 Å². The van der Waals surface area contributed by atoms with Crippen molar-refractivity contribution in [2.45, 2.75) is 82.6 Å². The average molecular weight is 696 g/mol. The van der Waals surface area contributed by atoms with E-state index in [2.05, 4.69) is 11.9 Å². The summed E-state index contributed by atoms with van der Waals surface area (Å²) in [6.45, 7) is 6.78. The summed E-state index contributed by atoms with van der Waals surface area (Å²) in [5.41, 5.74) is 3.97. The van der Waals surface area contributed by atoms with Gasteiger partial charge in [-0.3, -0.25) is 4.79 Å². The van der Waals surface area contributed by atoms with E-state index in [1.165, 1.54) is 6.08 Å². The Hall–Kier alpha value is -4.19. The highest BCUT2D eigenvalue weighted by Crippen LogP contribution is 2.32. The molecule has 0 aromatic heterocycles. The van der Waals surface area contributed by atoms with Gasteiger partial charge in [-0.15, -0.1) is 6.58 Å². The molecule has 4 aromatic rings. The fourth-order valence-corrected chi connectivity index (χ4v) is 5.78. The van der Waals surface area contributed by atoms with Gasteiger partial charge in [-0.1, -0.05) is 134 Å². The number of aliphatic hydroxyl groups is 1. The zero-order chi connectivity index (χ0) is 35.7. The van der Waals surface area contributed by atoms with Gasteiger partial charge in [0.2, 0.25) is 5.91 Å². The van der Waals surface area contributed by atoms with Gasteiger partial charge in [-0.05, 0) is 22.3 Å². The molecule has 2 N–H and O–H groups in total. The lowest BCUT2D eigenvalue weighted by Crippen LogP contribution is -2.62. The normalized spacial score (nSPS) is 21.4. The summed E-state index contributed by atoms with van der Waals surface area (Å²) in [6, 6.07) is 38.8. The van der Waals surface area contributed by atoms with Gasteiger partial charge >= 0.3 is 0 Å². The van der Waals surface area contributed by atoms with Crippen LogP contribution in [0.15, 0.2) is 134 Å². The van der Waals surface area contributed by atoms with Gasteiger partial charge in [0.15, 0.2) is 6.29 Å². The molecule has 9 heteroatoms. The Kier molecular flexibility index (Phi) is 15.4. The van der Waals surface area contributed by atoms with Crippen molar-refractivity contribution in [1.82, 2.24) is 5.32 Å². The third-order valence-electron chi connectivity index (χ3n) is 8.60. The first-order valence-corrected chi connectivity index (χ1v) is 17.5. The lowest BCUT2D eigenvalue weighted by Gasteiger charge is -2.46. The van der Waals surface area contributed by atoms with Crippen LogP contribution < -0.4 is 5.32 Å². The van der Waals surface area contributed by atoms with E-state index in [1.807, 2.05) is 121 Å². The van der Waals surface area contributed by atoms with E-state index >= 15 is 0 Å². The molecule has 7 atom stereocenters. The molecule has 5 rings (SSSR count). The summed E-state index contributed by atoms with van der Waals surface area (Å²) < 4.78 is 39.5. The molecule has 1 aliphatic heterocycles. The fourth-order valence-electron chi connectivity index (χ4n) is 5.78. The van der Waals surface area contributed by atoms with Crippen LogP contribution in [0, 0.1) is 0 Å². The Labute approximate surface area is 301 Å². The van der Waals surface area contributed by atoms with Crippen LogP contribution in [0.5, 0.6) is 0 Å². The van der Waals surface area contributed by atoms with E-state index in [0.29, 0.717) is 13.2 Å². The Morgan fingerprint density at radius 3 is 1.63 bits per heavy atom. The maximum absolute atomic E-state index is 12.4. The molecular formula is C42H49NO8. The number of carbonyl (C=O) groups is 1. The summed E-state index contributed by atoms with van der Waals surface area (Å²) in [5, 5.41) is 13.6. The zero-order valence-corrected chi connectivity index (χ0v) is 29.1. The monoisotopic (exact) mass is 695 g/mol. The molecule has 0 spiro atoms. The van der Waals surface area contributed by atoms with Crippen molar-refractivity contribution in [2.75, 3.05) is 13.2 Å². The van der Waals surface area contributed by atoms with Crippen LogP contribution in [-0.4, -0.2) is 67.1 Å². The number of hydrogen-bond acceptors (Lipinski definition) is 8. The molecule has 51 heavy (non-hydrogen) atoms. The number of nitrogens with one attached hydrogen (secondary N) is 1.